The van der Waals surface area contributed by atoms with Crippen LogP contribution < -0.4 is 11.2 Å². The Labute approximate surface area is 125 Å². The maximum atomic E-state index is 11.7. The van der Waals surface area contributed by atoms with Crippen molar-refractivity contribution in [1.29, 1.82) is 0 Å². The molecule has 8 heteroatoms. The van der Waals surface area contributed by atoms with Gasteiger partial charge in [0.2, 0.25) is 0 Å². The number of carbonyl (C=O) groups excluding carboxylic acids is 1. The highest BCUT2D eigenvalue weighted by atomic mass is 16.2. The van der Waals surface area contributed by atoms with Crippen LogP contribution >= 0.6 is 0 Å². The number of tetrazole rings is 1. The first-order valence-corrected chi connectivity index (χ1v) is 6.55. The molecule has 0 unspecified atom stereocenters. The number of anilines is 1. The minimum Gasteiger partial charge on any atom is -0.365 e. The second kappa shape index (κ2) is 6.00. The number of hydrazone groups is 1. The van der Waals surface area contributed by atoms with Gasteiger partial charge in [-0.1, -0.05) is 47.6 Å². The van der Waals surface area contributed by atoms with E-state index in [-0.39, 0.29) is 18.4 Å². The van der Waals surface area contributed by atoms with E-state index in [1.54, 1.807) is 6.21 Å². The molecule has 1 heterocycles. The largest absolute Gasteiger partial charge is 0.365 e. The van der Waals surface area contributed by atoms with Gasteiger partial charge in [-0.05, 0) is 16.0 Å². The van der Waals surface area contributed by atoms with Crippen LogP contribution in [0.5, 0.6) is 0 Å². The summed E-state index contributed by atoms with van der Waals surface area (Å²) in [6.07, 6.45) is 1.60. The molecule has 0 saturated heterocycles. The smallest absolute Gasteiger partial charge is 0.263 e. The molecule has 0 saturated carbocycles. The van der Waals surface area contributed by atoms with E-state index in [9.17, 15) is 4.79 Å². The molecular weight excluding hydrogens is 282 g/mol. The van der Waals surface area contributed by atoms with Gasteiger partial charge in [0.05, 0.1) is 6.21 Å². The van der Waals surface area contributed by atoms with Gasteiger partial charge in [0.25, 0.3) is 11.9 Å². The Morgan fingerprint density at radius 2 is 2.09 bits per heavy atom. The molecular formula is C14H13N7O. The maximum absolute atomic E-state index is 11.7. The molecule has 3 rings (SSSR count). The average molecular weight is 295 g/mol. The van der Waals surface area contributed by atoms with E-state index in [1.807, 2.05) is 42.5 Å². The van der Waals surface area contributed by atoms with Crippen LogP contribution in [0.3, 0.4) is 0 Å². The zero-order valence-electron chi connectivity index (χ0n) is 11.5. The van der Waals surface area contributed by atoms with Gasteiger partial charge in [0.15, 0.2) is 0 Å². The summed E-state index contributed by atoms with van der Waals surface area (Å²) in [4.78, 5) is 12.8. The fourth-order valence-electron chi connectivity index (χ4n) is 2.02. The number of amides is 1. The molecule has 1 aromatic heterocycles. The van der Waals surface area contributed by atoms with Crippen molar-refractivity contribution in [3.05, 3.63) is 48.0 Å². The number of fused-ring (bicyclic) bond motifs is 1. The average Bonchev–Trinajstić information content (AvgIpc) is 2.92. The molecule has 0 bridgehead atoms. The number of nitrogen functional groups attached to an aromatic ring is 1. The van der Waals surface area contributed by atoms with Gasteiger partial charge < -0.3 is 5.73 Å². The van der Waals surface area contributed by atoms with Gasteiger partial charge in [-0.3, -0.25) is 4.79 Å². The number of nitrogens with one attached hydrogen (secondary N) is 1. The summed E-state index contributed by atoms with van der Waals surface area (Å²) >= 11 is 0. The van der Waals surface area contributed by atoms with Gasteiger partial charge >= 0.3 is 0 Å². The highest BCUT2D eigenvalue weighted by Crippen LogP contribution is 2.16. The summed E-state index contributed by atoms with van der Waals surface area (Å²) in [7, 11) is 0. The lowest BCUT2D eigenvalue weighted by atomic mass is 10.1. The molecule has 0 radical (unpaired) electrons. The highest BCUT2D eigenvalue weighted by Gasteiger charge is 2.04. The Bertz CT molecular complexity index is 835. The van der Waals surface area contributed by atoms with Crippen LogP contribution in [-0.2, 0) is 11.3 Å². The van der Waals surface area contributed by atoms with E-state index in [2.05, 4.69) is 25.9 Å². The molecule has 22 heavy (non-hydrogen) atoms. The lowest BCUT2D eigenvalue weighted by Crippen LogP contribution is -2.24. The quantitative estimate of drug-likeness (QED) is 0.539. The van der Waals surface area contributed by atoms with E-state index in [1.165, 1.54) is 0 Å². The standard InChI is InChI=1S/C14H13N7O/c15-14-18-20-21(19-14)9-13(22)17-16-8-11-6-3-5-10-4-1-2-7-12(10)11/h1-8H,9H2,(H2,15,19)(H,17,22). The maximum Gasteiger partial charge on any atom is 0.263 e. The van der Waals surface area contributed by atoms with Crippen molar-refractivity contribution in [3.8, 4) is 0 Å². The summed E-state index contributed by atoms with van der Waals surface area (Å²) < 4.78 is 0. The van der Waals surface area contributed by atoms with E-state index < -0.39 is 0 Å². The first-order valence-electron chi connectivity index (χ1n) is 6.55. The number of nitrogens with zero attached hydrogens (tertiary/aromatic N) is 5. The Balaban J connectivity index is 1.67. The molecule has 0 aliphatic carbocycles. The number of hydrogen-bond acceptors (Lipinski definition) is 6. The van der Waals surface area contributed by atoms with E-state index in [0.717, 1.165) is 21.1 Å². The molecule has 0 atom stereocenters. The zero-order chi connectivity index (χ0) is 15.4. The number of benzene rings is 2. The Hall–Kier alpha value is -3.29. The third-order valence-corrected chi connectivity index (χ3v) is 2.97. The minimum atomic E-state index is -0.367. The van der Waals surface area contributed by atoms with E-state index >= 15 is 0 Å². The molecule has 1 amide bonds. The third kappa shape index (κ3) is 3.06. The fraction of sp³-hybridized carbons (Fsp3) is 0.0714. The molecule has 110 valence electrons. The molecule has 0 fully saturated rings. The number of nitrogens with two attached hydrogens (primary N) is 1. The van der Waals surface area contributed by atoms with Crippen LogP contribution in [0.1, 0.15) is 5.56 Å². The molecule has 3 N–H and O–H groups in total. The Morgan fingerprint density at radius 3 is 2.91 bits per heavy atom. The SMILES string of the molecule is Nc1nnn(CC(=O)NN=Cc2cccc3ccccc23)n1. The van der Waals surface area contributed by atoms with Crippen molar-refractivity contribution in [3.63, 3.8) is 0 Å². The summed E-state index contributed by atoms with van der Waals surface area (Å²) in [5.41, 5.74) is 8.65. The van der Waals surface area contributed by atoms with Crippen molar-refractivity contribution < 1.29 is 4.79 Å². The van der Waals surface area contributed by atoms with E-state index in [0.29, 0.717) is 0 Å². The van der Waals surface area contributed by atoms with Crippen LogP contribution in [0, 0.1) is 0 Å². The van der Waals surface area contributed by atoms with Crippen molar-refractivity contribution in [2.75, 3.05) is 5.73 Å². The fourth-order valence-corrected chi connectivity index (χ4v) is 2.02. The van der Waals surface area contributed by atoms with Crippen molar-refractivity contribution >= 4 is 28.8 Å². The van der Waals surface area contributed by atoms with Crippen LogP contribution in [0.2, 0.25) is 0 Å². The number of carbonyl (C=O) groups is 1. The lowest BCUT2D eigenvalue weighted by molar-refractivity contribution is -0.122. The second-order valence-corrected chi connectivity index (χ2v) is 4.54. The number of rotatable bonds is 4. The van der Waals surface area contributed by atoms with Crippen molar-refractivity contribution in [1.82, 2.24) is 25.6 Å². The minimum absolute atomic E-state index is 0.0204. The predicted octanol–water partition coefficient (Wildman–Crippen LogP) is 0.559. The van der Waals surface area contributed by atoms with Crippen LogP contribution in [-0.4, -0.2) is 32.3 Å². The normalized spacial score (nSPS) is 11.1. The Morgan fingerprint density at radius 1 is 1.27 bits per heavy atom. The van der Waals surface area contributed by atoms with Crippen molar-refractivity contribution in [2.24, 2.45) is 5.10 Å². The van der Waals surface area contributed by atoms with Crippen molar-refractivity contribution in [2.45, 2.75) is 6.54 Å². The predicted molar refractivity (Wildman–Crippen MR) is 81.9 cm³/mol. The van der Waals surface area contributed by atoms with Crippen LogP contribution in [0.4, 0.5) is 5.95 Å². The van der Waals surface area contributed by atoms with Crippen LogP contribution in [0.15, 0.2) is 47.6 Å². The summed E-state index contributed by atoms with van der Waals surface area (Å²) in [5.74, 6) is -0.346. The third-order valence-electron chi connectivity index (χ3n) is 2.97. The monoisotopic (exact) mass is 295 g/mol. The summed E-state index contributed by atoms with van der Waals surface area (Å²) in [5, 5.41) is 16.9. The zero-order valence-corrected chi connectivity index (χ0v) is 11.5. The number of aromatic nitrogens is 4. The first kappa shape index (κ1) is 13.7. The first-order chi connectivity index (χ1) is 10.7. The molecule has 0 spiro atoms. The molecule has 2 aromatic carbocycles. The van der Waals surface area contributed by atoms with Gasteiger partial charge in [-0.25, -0.2) is 5.43 Å². The summed E-state index contributed by atoms with van der Waals surface area (Å²) in [6, 6.07) is 13.8. The molecule has 3 aromatic rings. The van der Waals surface area contributed by atoms with E-state index in [4.69, 9.17) is 5.73 Å². The number of hydrogen-bond donors (Lipinski definition) is 2. The second-order valence-electron chi connectivity index (χ2n) is 4.54. The van der Waals surface area contributed by atoms with Gasteiger partial charge in [-0.15, -0.1) is 5.10 Å². The topological polar surface area (TPSA) is 111 Å². The highest BCUT2D eigenvalue weighted by molar-refractivity contribution is 5.99. The van der Waals surface area contributed by atoms with Crippen LogP contribution in [0.25, 0.3) is 10.8 Å². The lowest BCUT2D eigenvalue weighted by Gasteiger charge is -2.01. The summed E-state index contributed by atoms with van der Waals surface area (Å²) in [6.45, 7) is -0.100. The van der Waals surface area contributed by atoms with Gasteiger partial charge in [-0.2, -0.15) is 9.90 Å². The Kier molecular flexibility index (Phi) is 3.73. The molecule has 0 aliphatic heterocycles. The molecule has 8 nitrogen and oxygen atoms in total. The molecule has 0 aliphatic rings. The van der Waals surface area contributed by atoms with Gasteiger partial charge in [0, 0.05) is 5.56 Å². The van der Waals surface area contributed by atoms with Gasteiger partial charge in [0.1, 0.15) is 6.54 Å².